The Morgan fingerprint density at radius 2 is 2.21 bits per heavy atom. The summed E-state index contributed by atoms with van der Waals surface area (Å²) < 4.78 is 10.6. The van der Waals surface area contributed by atoms with Gasteiger partial charge in [0.1, 0.15) is 5.76 Å². The first-order valence-electron chi connectivity index (χ1n) is 6.72. The van der Waals surface area contributed by atoms with Crippen LogP contribution in [0.4, 0.5) is 0 Å². The van der Waals surface area contributed by atoms with Gasteiger partial charge < -0.3 is 14.3 Å². The summed E-state index contributed by atoms with van der Waals surface area (Å²) in [5, 5.41) is 9.55. The topological polar surface area (TPSA) is 62.9 Å². The van der Waals surface area contributed by atoms with Gasteiger partial charge in [0.15, 0.2) is 0 Å². The van der Waals surface area contributed by atoms with E-state index in [-0.39, 0.29) is 0 Å². The third-order valence-electron chi connectivity index (χ3n) is 3.84. The van der Waals surface area contributed by atoms with Gasteiger partial charge in [0.05, 0.1) is 18.2 Å². The second kappa shape index (κ2) is 6.21. The summed E-state index contributed by atoms with van der Waals surface area (Å²) in [6.45, 7) is 5.10. The fourth-order valence-corrected chi connectivity index (χ4v) is 2.53. The van der Waals surface area contributed by atoms with E-state index in [0.29, 0.717) is 39.1 Å². The molecular formula is C14H21NO4. The van der Waals surface area contributed by atoms with E-state index in [9.17, 15) is 9.90 Å². The van der Waals surface area contributed by atoms with Gasteiger partial charge in [-0.1, -0.05) is 6.92 Å². The van der Waals surface area contributed by atoms with Crippen LogP contribution >= 0.6 is 0 Å². The van der Waals surface area contributed by atoms with Crippen molar-refractivity contribution in [1.29, 1.82) is 0 Å². The molecule has 0 spiro atoms. The van der Waals surface area contributed by atoms with Crippen LogP contribution in [0.25, 0.3) is 0 Å². The molecule has 2 heterocycles. The van der Waals surface area contributed by atoms with Crippen LogP contribution in [0.15, 0.2) is 22.8 Å². The second-order valence-electron chi connectivity index (χ2n) is 5.08. The molecule has 1 aromatic rings. The predicted molar refractivity (Wildman–Crippen MR) is 69.8 cm³/mol. The molecule has 5 heteroatoms. The van der Waals surface area contributed by atoms with E-state index in [0.717, 1.165) is 12.3 Å². The maximum absolute atomic E-state index is 11.6. The molecule has 1 aliphatic rings. The monoisotopic (exact) mass is 267 g/mol. The molecule has 0 saturated carbocycles. The smallest absolute Gasteiger partial charge is 0.311 e. The maximum Gasteiger partial charge on any atom is 0.311 e. The fraction of sp³-hybridized carbons (Fsp3) is 0.643. The van der Waals surface area contributed by atoms with Crippen molar-refractivity contribution in [3.63, 3.8) is 0 Å². The molecule has 0 amide bonds. The molecule has 1 aromatic heterocycles. The van der Waals surface area contributed by atoms with E-state index < -0.39 is 11.4 Å². The lowest BCUT2D eigenvalue weighted by atomic mass is 9.79. The highest BCUT2D eigenvalue weighted by Gasteiger charge is 2.41. The van der Waals surface area contributed by atoms with E-state index in [4.69, 9.17) is 9.15 Å². The summed E-state index contributed by atoms with van der Waals surface area (Å²) in [5.74, 6) is 0.156. The molecule has 0 unspecified atom stereocenters. The lowest BCUT2D eigenvalue weighted by molar-refractivity contribution is -0.156. The highest BCUT2D eigenvalue weighted by molar-refractivity contribution is 5.75. The molecular weight excluding hydrogens is 246 g/mol. The van der Waals surface area contributed by atoms with Crippen molar-refractivity contribution in [3.05, 3.63) is 24.2 Å². The third kappa shape index (κ3) is 3.36. The molecule has 1 aliphatic heterocycles. The summed E-state index contributed by atoms with van der Waals surface area (Å²) in [4.78, 5) is 13.7. The molecule has 1 fully saturated rings. The SMILES string of the molecule is CCN(Cc1ccco1)CC1(C(=O)O)CCOCC1. The normalized spacial score (nSPS) is 18.6. The second-order valence-corrected chi connectivity index (χ2v) is 5.08. The minimum Gasteiger partial charge on any atom is -0.481 e. The standard InChI is InChI=1S/C14H21NO4/c1-2-15(10-12-4-3-7-19-12)11-14(13(16)17)5-8-18-9-6-14/h3-4,7H,2,5-6,8-11H2,1H3,(H,16,17). The van der Waals surface area contributed by atoms with Crippen molar-refractivity contribution >= 4 is 5.97 Å². The van der Waals surface area contributed by atoms with E-state index in [1.54, 1.807) is 6.26 Å². The Bertz CT molecular complexity index is 396. The Morgan fingerprint density at radius 3 is 2.74 bits per heavy atom. The number of ether oxygens (including phenoxy) is 1. The van der Waals surface area contributed by atoms with Crippen molar-refractivity contribution in [3.8, 4) is 0 Å². The van der Waals surface area contributed by atoms with Gasteiger partial charge in [0.2, 0.25) is 0 Å². The first-order valence-corrected chi connectivity index (χ1v) is 6.72. The zero-order valence-electron chi connectivity index (χ0n) is 11.3. The Morgan fingerprint density at radius 1 is 1.47 bits per heavy atom. The average Bonchev–Trinajstić information content (AvgIpc) is 2.92. The number of nitrogens with zero attached hydrogens (tertiary/aromatic N) is 1. The number of aliphatic carboxylic acids is 1. The summed E-state index contributed by atoms with van der Waals surface area (Å²) >= 11 is 0. The maximum atomic E-state index is 11.6. The first-order chi connectivity index (χ1) is 9.16. The number of hydrogen-bond acceptors (Lipinski definition) is 4. The van der Waals surface area contributed by atoms with Crippen LogP contribution in [0, 0.1) is 5.41 Å². The van der Waals surface area contributed by atoms with Gasteiger partial charge >= 0.3 is 5.97 Å². The lowest BCUT2D eigenvalue weighted by Crippen LogP contribution is -2.46. The highest BCUT2D eigenvalue weighted by atomic mass is 16.5. The Hall–Kier alpha value is -1.33. The van der Waals surface area contributed by atoms with E-state index in [1.807, 2.05) is 19.1 Å². The number of carbonyl (C=O) groups is 1. The average molecular weight is 267 g/mol. The van der Waals surface area contributed by atoms with Crippen LogP contribution in [0.1, 0.15) is 25.5 Å². The summed E-state index contributed by atoms with van der Waals surface area (Å²) in [6.07, 6.45) is 2.80. The molecule has 2 rings (SSSR count). The number of carboxylic acids is 1. The minimum atomic E-state index is -0.714. The van der Waals surface area contributed by atoms with Crippen LogP contribution in [0.3, 0.4) is 0 Å². The Labute approximate surface area is 113 Å². The van der Waals surface area contributed by atoms with E-state index in [1.165, 1.54) is 0 Å². The van der Waals surface area contributed by atoms with E-state index in [2.05, 4.69) is 4.90 Å². The lowest BCUT2D eigenvalue weighted by Gasteiger charge is -2.37. The largest absolute Gasteiger partial charge is 0.481 e. The van der Waals surface area contributed by atoms with Gasteiger partial charge in [-0.25, -0.2) is 0 Å². The van der Waals surface area contributed by atoms with Crippen LogP contribution in [0.5, 0.6) is 0 Å². The predicted octanol–water partition coefficient (Wildman–Crippen LogP) is 1.98. The third-order valence-corrected chi connectivity index (χ3v) is 3.84. The minimum absolute atomic E-state index is 0.532. The van der Waals surface area contributed by atoms with Crippen molar-refractivity contribution in [2.75, 3.05) is 26.3 Å². The van der Waals surface area contributed by atoms with Gasteiger partial charge in [0, 0.05) is 19.8 Å². The van der Waals surface area contributed by atoms with Gasteiger partial charge in [-0.15, -0.1) is 0 Å². The summed E-state index contributed by atoms with van der Waals surface area (Å²) in [5.41, 5.74) is -0.680. The quantitative estimate of drug-likeness (QED) is 0.854. The molecule has 1 saturated heterocycles. The number of rotatable bonds is 6. The van der Waals surface area contributed by atoms with Crippen molar-refractivity contribution in [1.82, 2.24) is 4.90 Å². The van der Waals surface area contributed by atoms with Crippen LogP contribution < -0.4 is 0 Å². The molecule has 0 aromatic carbocycles. The number of hydrogen-bond donors (Lipinski definition) is 1. The van der Waals surface area contributed by atoms with Gasteiger partial charge in [0.25, 0.3) is 0 Å². The molecule has 0 radical (unpaired) electrons. The first kappa shape index (κ1) is 14.1. The van der Waals surface area contributed by atoms with Crippen LogP contribution in [0.2, 0.25) is 0 Å². The summed E-state index contributed by atoms with van der Waals surface area (Å²) in [7, 11) is 0. The Kier molecular flexibility index (Phi) is 4.61. The Balaban J connectivity index is 2.03. The number of carboxylic acid groups (broad SMARTS) is 1. The number of furan rings is 1. The van der Waals surface area contributed by atoms with Crippen LogP contribution in [-0.2, 0) is 16.1 Å². The van der Waals surface area contributed by atoms with Gasteiger partial charge in [-0.2, -0.15) is 0 Å². The van der Waals surface area contributed by atoms with Gasteiger partial charge in [-0.05, 0) is 31.5 Å². The highest BCUT2D eigenvalue weighted by Crippen LogP contribution is 2.32. The fourth-order valence-electron chi connectivity index (χ4n) is 2.53. The van der Waals surface area contributed by atoms with Crippen LogP contribution in [-0.4, -0.2) is 42.3 Å². The molecule has 5 nitrogen and oxygen atoms in total. The molecule has 0 bridgehead atoms. The molecule has 0 atom stereocenters. The van der Waals surface area contributed by atoms with Crippen molar-refractivity contribution in [2.45, 2.75) is 26.3 Å². The molecule has 106 valence electrons. The molecule has 19 heavy (non-hydrogen) atoms. The molecule has 1 N–H and O–H groups in total. The summed E-state index contributed by atoms with van der Waals surface area (Å²) in [6, 6.07) is 3.77. The molecule has 0 aliphatic carbocycles. The van der Waals surface area contributed by atoms with Crippen molar-refractivity contribution < 1.29 is 19.1 Å². The zero-order valence-corrected chi connectivity index (χ0v) is 11.3. The van der Waals surface area contributed by atoms with E-state index >= 15 is 0 Å². The van der Waals surface area contributed by atoms with Gasteiger partial charge in [-0.3, -0.25) is 9.69 Å². The van der Waals surface area contributed by atoms with Crippen molar-refractivity contribution in [2.24, 2.45) is 5.41 Å². The zero-order chi connectivity index (χ0) is 13.7.